The molecule has 1 aromatic rings. The molecule has 1 saturated carbocycles. The summed E-state index contributed by atoms with van der Waals surface area (Å²) in [6.07, 6.45) is 8.27. The van der Waals surface area contributed by atoms with E-state index in [0.717, 1.165) is 29.4 Å². The van der Waals surface area contributed by atoms with Gasteiger partial charge in [-0.05, 0) is 43.9 Å². The van der Waals surface area contributed by atoms with Crippen LogP contribution in [0.15, 0.2) is 6.07 Å². The Balaban J connectivity index is 1.66. The molecule has 2 rings (SSSR count). The Morgan fingerprint density at radius 1 is 1.47 bits per heavy atom. The second kappa shape index (κ2) is 7.06. The summed E-state index contributed by atoms with van der Waals surface area (Å²) in [5, 5.41) is 12.4. The standard InChI is InChI=1S/C15H23NO2S/c1-11-13(9-14(19-11)15(17)18)10-16-8-4-7-12-5-2-3-6-12/h9,12,16H,2-8,10H2,1H3,(H,17,18). The third-order valence-corrected chi connectivity index (χ3v) is 5.07. The molecule has 2 N–H and O–H groups in total. The summed E-state index contributed by atoms with van der Waals surface area (Å²) < 4.78 is 0. The van der Waals surface area contributed by atoms with E-state index in [2.05, 4.69) is 5.32 Å². The van der Waals surface area contributed by atoms with Gasteiger partial charge in [0.1, 0.15) is 4.88 Å². The van der Waals surface area contributed by atoms with Gasteiger partial charge < -0.3 is 10.4 Å². The van der Waals surface area contributed by atoms with E-state index in [4.69, 9.17) is 5.11 Å². The van der Waals surface area contributed by atoms with E-state index in [0.29, 0.717) is 4.88 Å². The summed E-state index contributed by atoms with van der Waals surface area (Å²) in [5.41, 5.74) is 1.13. The first-order chi connectivity index (χ1) is 9.16. The molecule has 0 atom stereocenters. The molecule has 1 aliphatic carbocycles. The molecule has 0 bridgehead atoms. The van der Waals surface area contributed by atoms with Crippen LogP contribution in [0.25, 0.3) is 0 Å². The molecular weight excluding hydrogens is 258 g/mol. The average molecular weight is 281 g/mol. The third kappa shape index (κ3) is 4.32. The van der Waals surface area contributed by atoms with E-state index in [9.17, 15) is 4.79 Å². The van der Waals surface area contributed by atoms with Crippen LogP contribution in [0.4, 0.5) is 0 Å². The molecule has 106 valence electrons. The second-order valence-corrected chi connectivity index (χ2v) is 6.72. The van der Waals surface area contributed by atoms with Crippen molar-refractivity contribution in [3.63, 3.8) is 0 Å². The van der Waals surface area contributed by atoms with E-state index in [-0.39, 0.29) is 0 Å². The van der Waals surface area contributed by atoms with Crippen LogP contribution in [0.2, 0.25) is 0 Å². The predicted octanol–water partition coefficient (Wildman–Crippen LogP) is 3.81. The highest BCUT2D eigenvalue weighted by Gasteiger charge is 2.14. The third-order valence-electron chi connectivity index (χ3n) is 3.99. The van der Waals surface area contributed by atoms with Crippen molar-refractivity contribution in [1.29, 1.82) is 0 Å². The highest BCUT2D eigenvalue weighted by atomic mass is 32.1. The van der Waals surface area contributed by atoms with Gasteiger partial charge in [0.25, 0.3) is 0 Å². The van der Waals surface area contributed by atoms with Crippen molar-refractivity contribution < 1.29 is 9.90 Å². The number of nitrogens with one attached hydrogen (secondary N) is 1. The highest BCUT2D eigenvalue weighted by molar-refractivity contribution is 7.14. The zero-order valence-corrected chi connectivity index (χ0v) is 12.4. The zero-order chi connectivity index (χ0) is 13.7. The number of carboxylic acids is 1. The fraction of sp³-hybridized carbons (Fsp3) is 0.667. The molecule has 4 heteroatoms. The van der Waals surface area contributed by atoms with Crippen molar-refractivity contribution >= 4 is 17.3 Å². The quantitative estimate of drug-likeness (QED) is 0.747. The molecule has 0 spiro atoms. The molecular formula is C15H23NO2S. The summed E-state index contributed by atoms with van der Waals surface area (Å²) in [4.78, 5) is 12.4. The van der Waals surface area contributed by atoms with Gasteiger partial charge in [0.05, 0.1) is 0 Å². The van der Waals surface area contributed by atoms with Crippen LogP contribution in [-0.4, -0.2) is 17.6 Å². The number of rotatable bonds is 7. The lowest BCUT2D eigenvalue weighted by Gasteiger charge is -2.09. The number of hydrogen-bond donors (Lipinski definition) is 2. The molecule has 1 aliphatic rings. The lowest BCUT2D eigenvalue weighted by Crippen LogP contribution is -2.15. The van der Waals surface area contributed by atoms with Crippen molar-refractivity contribution in [2.24, 2.45) is 5.92 Å². The predicted molar refractivity (Wildman–Crippen MR) is 78.9 cm³/mol. The van der Waals surface area contributed by atoms with Crippen LogP contribution in [0, 0.1) is 12.8 Å². The van der Waals surface area contributed by atoms with E-state index < -0.39 is 5.97 Å². The Morgan fingerprint density at radius 2 is 2.21 bits per heavy atom. The number of aromatic carboxylic acids is 1. The van der Waals surface area contributed by atoms with Gasteiger partial charge in [-0.15, -0.1) is 11.3 Å². The number of thiophene rings is 1. The van der Waals surface area contributed by atoms with Gasteiger partial charge in [-0.3, -0.25) is 0 Å². The summed E-state index contributed by atoms with van der Waals surface area (Å²) in [5.74, 6) is 0.142. The monoisotopic (exact) mass is 281 g/mol. The van der Waals surface area contributed by atoms with Crippen molar-refractivity contribution in [1.82, 2.24) is 5.32 Å². The lowest BCUT2D eigenvalue weighted by molar-refractivity contribution is 0.0702. The van der Waals surface area contributed by atoms with Crippen LogP contribution in [-0.2, 0) is 6.54 Å². The largest absolute Gasteiger partial charge is 0.477 e. The highest BCUT2D eigenvalue weighted by Crippen LogP contribution is 2.28. The molecule has 3 nitrogen and oxygen atoms in total. The first-order valence-corrected chi connectivity index (χ1v) is 8.02. The number of carbonyl (C=O) groups is 1. The summed E-state index contributed by atoms with van der Waals surface area (Å²) >= 11 is 1.37. The minimum Gasteiger partial charge on any atom is -0.477 e. The summed E-state index contributed by atoms with van der Waals surface area (Å²) in [7, 11) is 0. The average Bonchev–Trinajstić information content (AvgIpc) is 2.99. The Hall–Kier alpha value is -0.870. The van der Waals surface area contributed by atoms with E-state index in [1.807, 2.05) is 6.92 Å². The molecule has 0 radical (unpaired) electrons. The molecule has 1 fully saturated rings. The van der Waals surface area contributed by atoms with Crippen LogP contribution in [0.1, 0.15) is 58.6 Å². The van der Waals surface area contributed by atoms with Crippen LogP contribution < -0.4 is 5.32 Å². The van der Waals surface area contributed by atoms with E-state index >= 15 is 0 Å². The number of aryl methyl sites for hydroxylation is 1. The van der Waals surface area contributed by atoms with Crippen molar-refractivity contribution in [2.45, 2.75) is 52.0 Å². The van der Waals surface area contributed by atoms with Crippen molar-refractivity contribution in [3.8, 4) is 0 Å². The Morgan fingerprint density at radius 3 is 2.84 bits per heavy atom. The van der Waals surface area contributed by atoms with Gasteiger partial charge in [-0.2, -0.15) is 0 Å². The molecule has 0 saturated heterocycles. The first kappa shape index (κ1) is 14.5. The minimum absolute atomic E-state index is 0.445. The SMILES string of the molecule is Cc1sc(C(=O)O)cc1CNCCCC1CCCC1. The first-order valence-electron chi connectivity index (χ1n) is 7.20. The van der Waals surface area contributed by atoms with Crippen LogP contribution in [0.5, 0.6) is 0 Å². The van der Waals surface area contributed by atoms with Gasteiger partial charge in [-0.25, -0.2) is 4.79 Å². The van der Waals surface area contributed by atoms with E-state index in [1.165, 1.54) is 49.9 Å². The topological polar surface area (TPSA) is 49.3 Å². The summed E-state index contributed by atoms with van der Waals surface area (Å²) in [6, 6.07) is 1.80. The Labute approximate surface area is 119 Å². The van der Waals surface area contributed by atoms with Crippen LogP contribution >= 0.6 is 11.3 Å². The van der Waals surface area contributed by atoms with Crippen LogP contribution in [0.3, 0.4) is 0 Å². The van der Waals surface area contributed by atoms with Gasteiger partial charge in [0.15, 0.2) is 0 Å². The smallest absolute Gasteiger partial charge is 0.345 e. The number of carboxylic acid groups (broad SMARTS) is 1. The maximum atomic E-state index is 10.9. The normalized spacial score (nSPS) is 16.1. The molecule has 0 aromatic carbocycles. The summed E-state index contributed by atoms with van der Waals surface area (Å²) in [6.45, 7) is 3.82. The second-order valence-electron chi connectivity index (χ2n) is 5.47. The maximum absolute atomic E-state index is 10.9. The fourth-order valence-electron chi connectivity index (χ4n) is 2.84. The lowest BCUT2D eigenvalue weighted by atomic mass is 10.0. The van der Waals surface area contributed by atoms with E-state index in [1.54, 1.807) is 6.07 Å². The molecule has 0 amide bonds. The molecule has 0 unspecified atom stereocenters. The zero-order valence-electron chi connectivity index (χ0n) is 11.6. The Bertz CT molecular complexity index is 422. The number of hydrogen-bond acceptors (Lipinski definition) is 3. The van der Waals surface area contributed by atoms with Gasteiger partial charge in [0, 0.05) is 11.4 Å². The van der Waals surface area contributed by atoms with Gasteiger partial charge >= 0.3 is 5.97 Å². The maximum Gasteiger partial charge on any atom is 0.345 e. The van der Waals surface area contributed by atoms with Gasteiger partial charge in [-0.1, -0.05) is 25.7 Å². The van der Waals surface area contributed by atoms with Crippen molar-refractivity contribution in [3.05, 3.63) is 21.4 Å². The molecule has 19 heavy (non-hydrogen) atoms. The van der Waals surface area contributed by atoms with Gasteiger partial charge in [0.2, 0.25) is 0 Å². The van der Waals surface area contributed by atoms with Crippen molar-refractivity contribution in [2.75, 3.05) is 6.54 Å². The fourth-order valence-corrected chi connectivity index (χ4v) is 3.72. The molecule has 0 aliphatic heterocycles. The molecule has 1 aromatic heterocycles. The Kier molecular flexibility index (Phi) is 5.40. The molecule has 1 heterocycles. The minimum atomic E-state index is -0.819.